The lowest BCUT2D eigenvalue weighted by Gasteiger charge is -2.32. The number of carbonyl (C=O) groups excluding carboxylic acids is 1. The number of hydrogen-bond acceptors (Lipinski definition) is 4. The minimum Gasteiger partial charge on any atom is -0.299 e. The van der Waals surface area contributed by atoms with Gasteiger partial charge in [-0.15, -0.1) is 0 Å². The maximum atomic E-state index is 13.2. The molecule has 1 N–H and O–H groups in total. The average Bonchev–Trinajstić information content (AvgIpc) is 2.93. The van der Waals surface area contributed by atoms with Crippen LogP contribution in [-0.4, -0.2) is 17.1 Å². The molecule has 2 atom stereocenters. The molecule has 0 bridgehead atoms. The first kappa shape index (κ1) is 17.8. The topological polar surface area (TPSA) is 45.2 Å². The molecule has 2 unspecified atom stereocenters. The normalized spacial score (nSPS) is 21.7. The van der Waals surface area contributed by atoms with Crippen molar-refractivity contribution in [2.24, 2.45) is 0 Å². The zero-order chi connectivity index (χ0) is 18.3. The van der Waals surface area contributed by atoms with Gasteiger partial charge >= 0.3 is 0 Å². The van der Waals surface area contributed by atoms with E-state index >= 15 is 0 Å². The summed E-state index contributed by atoms with van der Waals surface area (Å²) < 4.78 is 3.48. The molecule has 1 aromatic heterocycles. The van der Waals surface area contributed by atoms with Gasteiger partial charge in [0.05, 0.1) is 17.9 Å². The molecule has 1 amide bonds. The summed E-state index contributed by atoms with van der Waals surface area (Å²) in [6, 6.07) is 5.88. The van der Waals surface area contributed by atoms with Crippen molar-refractivity contribution in [3.05, 3.63) is 57.9 Å². The van der Waals surface area contributed by atoms with Crippen LogP contribution in [-0.2, 0) is 6.42 Å². The summed E-state index contributed by atoms with van der Waals surface area (Å²) in [6.07, 6.45) is 9.89. The number of benzene rings is 1. The fourth-order valence-electron chi connectivity index (χ4n) is 4.27. The second kappa shape index (κ2) is 7.22. The third-order valence-corrected chi connectivity index (χ3v) is 6.16. The number of carbonyl (C=O) groups is 1. The lowest BCUT2D eigenvalue weighted by atomic mass is 9.88. The van der Waals surface area contributed by atoms with Crippen LogP contribution in [0.15, 0.2) is 30.6 Å². The largest absolute Gasteiger partial charge is 0.299 e. The van der Waals surface area contributed by atoms with Crippen LogP contribution in [0, 0.1) is 0 Å². The Morgan fingerprint density at radius 1 is 1.35 bits per heavy atom. The molecule has 0 radical (unpaired) electrons. The van der Waals surface area contributed by atoms with E-state index in [-0.39, 0.29) is 18.0 Å². The van der Waals surface area contributed by atoms with Crippen molar-refractivity contribution in [1.29, 1.82) is 0 Å². The van der Waals surface area contributed by atoms with Crippen LogP contribution >= 0.6 is 23.5 Å². The third kappa shape index (κ3) is 2.82. The quantitative estimate of drug-likeness (QED) is 0.742. The van der Waals surface area contributed by atoms with Gasteiger partial charge in [0.2, 0.25) is 0 Å². The van der Waals surface area contributed by atoms with Gasteiger partial charge in [-0.2, -0.15) is 0 Å². The molecule has 4 rings (SSSR count). The molecule has 1 aromatic carbocycles. The van der Waals surface area contributed by atoms with Gasteiger partial charge in [-0.3, -0.25) is 19.4 Å². The zero-order valence-corrected chi connectivity index (χ0v) is 16.5. The fourth-order valence-corrected chi connectivity index (χ4v) is 4.98. The van der Waals surface area contributed by atoms with Gasteiger partial charge < -0.3 is 0 Å². The molecule has 2 aliphatic rings. The van der Waals surface area contributed by atoms with E-state index in [9.17, 15) is 4.79 Å². The van der Waals surface area contributed by atoms with E-state index in [1.807, 2.05) is 35.7 Å². The number of rotatable bonds is 4. The van der Waals surface area contributed by atoms with Crippen LogP contribution in [0.5, 0.6) is 0 Å². The summed E-state index contributed by atoms with van der Waals surface area (Å²) in [7, 11) is 0. The summed E-state index contributed by atoms with van der Waals surface area (Å²) >= 11 is 7.84. The second-order valence-corrected chi connectivity index (χ2v) is 7.90. The Labute approximate surface area is 163 Å². The van der Waals surface area contributed by atoms with Crippen molar-refractivity contribution < 1.29 is 4.79 Å². The summed E-state index contributed by atoms with van der Waals surface area (Å²) in [4.78, 5) is 19.6. The van der Waals surface area contributed by atoms with E-state index in [0.29, 0.717) is 5.02 Å². The van der Waals surface area contributed by atoms with Crippen molar-refractivity contribution in [3.8, 4) is 0 Å². The third-order valence-electron chi connectivity index (χ3n) is 5.40. The highest BCUT2D eigenvalue weighted by atomic mass is 35.5. The van der Waals surface area contributed by atoms with Crippen molar-refractivity contribution in [2.75, 3.05) is 11.2 Å². The van der Waals surface area contributed by atoms with Gasteiger partial charge in [0, 0.05) is 22.8 Å². The lowest BCUT2D eigenvalue weighted by molar-refractivity contribution is 0.0990. The van der Waals surface area contributed by atoms with Crippen molar-refractivity contribution in [3.63, 3.8) is 0 Å². The predicted octanol–water partition coefficient (Wildman–Crippen LogP) is 5.09. The molecule has 1 aliphatic carbocycles. The minimum atomic E-state index is 0.0124. The number of nitrogens with zero attached hydrogens (tertiary/aromatic N) is 2. The second-order valence-electron chi connectivity index (χ2n) is 6.82. The predicted molar refractivity (Wildman–Crippen MR) is 108 cm³/mol. The van der Waals surface area contributed by atoms with Gasteiger partial charge in [-0.25, -0.2) is 0 Å². The van der Waals surface area contributed by atoms with Crippen LogP contribution in [0.4, 0.5) is 5.69 Å². The van der Waals surface area contributed by atoms with Gasteiger partial charge in [-0.1, -0.05) is 30.5 Å². The van der Waals surface area contributed by atoms with Crippen molar-refractivity contribution in [1.82, 2.24) is 9.71 Å². The van der Waals surface area contributed by atoms with Gasteiger partial charge in [0.25, 0.3) is 5.91 Å². The van der Waals surface area contributed by atoms with Gasteiger partial charge in [0.15, 0.2) is 0 Å². The molecule has 136 valence electrons. The highest BCUT2D eigenvalue weighted by Crippen LogP contribution is 2.44. The van der Waals surface area contributed by atoms with E-state index in [0.717, 1.165) is 42.5 Å². The SMILES string of the molecule is CCC1c2cc(Cl)ccc2C(=O)N1c1cncc2c1CCCC2NSC. The Bertz CT molecular complexity index is 857. The number of nitrogens with one attached hydrogen (secondary N) is 1. The van der Waals surface area contributed by atoms with Crippen molar-refractivity contribution in [2.45, 2.75) is 44.7 Å². The van der Waals surface area contributed by atoms with Crippen LogP contribution in [0.1, 0.15) is 65.3 Å². The highest BCUT2D eigenvalue weighted by molar-refractivity contribution is 7.96. The van der Waals surface area contributed by atoms with E-state index in [4.69, 9.17) is 11.6 Å². The van der Waals surface area contributed by atoms with E-state index in [2.05, 4.69) is 16.6 Å². The minimum absolute atomic E-state index is 0.0124. The summed E-state index contributed by atoms with van der Waals surface area (Å²) in [5.41, 5.74) is 5.22. The standard InChI is InChI=1S/C20H22ClN3OS/c1-3-18-15-9-12(21)7-8-14(15)20(25)24(18)19-11-22-10-16-13(19)5-4-6-17(16)23-26-2/h7-11,17-18,23H,3-6H2,1-2H3. The maximum Gasteiger partial charge on any atom is 0.259 e. The molecule has 0 saturated carbocycles. The lowest BCUT2D eigenvalue weighted by Crippen LogP contribution is -2.30. The van der Waals surface area contributed by atoms with Crippen molar-refractivity contribution >= 4 is 35.1 Å². The number of pyridine rings is 1. The molecule has 4 nitrogen and oxygen atoms in total. The first-order valence-electron chi connectivity index (χ1n) is 9.04. The molecule has 0 spiro atoms. The molecule has 0 saturated heterocycles. The average molecular weight is 388 g/mol. The number of hydrogen-bond donors (Lipinski definition) is 1. The van der Waals surface area contributed by atoms with Crippen LogP contribution < -0.4 is 9.62 Å². The summed E-state index contributed by atoms with van der Waals surface area (Å²) in [5.74, 6) is 0.0543. The molecule has 2 heterocycles. The van der Waals surface area contributed by atoms with Crippen LogP contribution in [0.2, 0.25) is 5.02 Å². The summed E-state index contributed by atoms with van der Waals surface area (Å²) in [6.45, 7) is 2.11. The smallest absolute Gasteiger partial charge is 0.259 e. The van der Waals surface area contributed by atoms with E-state index in [1.54, 1.807) is 18.0 Å². The number of anilines is 1. The Balaban J connectivity index is 1.81. The first-order valence-corrected chi connectivity index (χ1v) is 10.6. The van der Waals surface area contributed by atoms with Crippen LogP contribution in [0.25, 0.3) is 0 Å². The summed E-state index contributed by atoms with van der Waals surface area (Å²) in [5, 5.41) is 0.675. The Morgan fingerprint density at radius 3 is 2.96 bits per heavy atom. The number of amides is 1. The van der Waals surface area contributed by atoms with Gasteiger partial charge in [0.1, 0.15) is 0 Å². The maximum absolute atomic E-state index is 13.2. The molecule has 2 aromatic rings. The molecular formula is C20H22ClN3OS. The molecule has 1 aliphatic heterocycles. The Kier molecular flexibility index (Phi) is 4.95. The molecule has 26 heavy (non-hydrogen) atoms. The molecule has 6 heteroatoms. The van der Waals surface area contributed by atoms with E-state index in [1.165, 1.54) is 11.1 Å². The van der Waals surface area contributed by atoms with E-state index < -0.39 is 0 Å². The molecular weight excluding hydrogens is 366 g/mol. The number of aromatic nitrogens is 1. The molecule has 0 fully saturated rings. The fraction of sp³-hybridized carbons (Fsp3) is 0.400. The Morgan fingerprint density at radius 2 is 2.19 bits per heavy atom. The highest BCUT2D eigenvalue weighted by Gasteiger charge is 2.39. The van der Waals surface area contributed by atoms with Crippen LogP contribution in [0.3, 0.4) is 0 Å². The number of fused-ring (bicyclic) bond motifs is 2. The zero-order valence-electron chi connectivity index (χ0n) is 15.0. The van der Waals surface area contributed by atoms with Gasteiger partial charge in [-0.05, 0) is 66.8 Å². The Hall–Kier alpha value is -1.56. The monoisotopic (exact) mass is 387 g/mol. The number of halogens is 1. The first-order chi connectivity index (χ1) is 12.7.